The van der Waals surface area contributed by atoms with Gasteiger partial charge in [0.25, 0.3) is 0 Å². The van der Waals surface area contributed by atoms with Crippen molar-refractivity contribution in [2.45, 2.75) is 22.5 Å². The van der Waals surface area contributed by atoms with Gasteiger partial charge in [-0.05, 0) is 13.8 Å². The summed E-state index contributed by atoms with van der Waals surface area (Å²) >= 11 is 53.9. The maximum absolute atomic E-state index is 5.51. The Bertz CT molecular complexity index is 287. The third kappa shape index (κ3) is 10.2. The van der Waals surface area contributed by atoms with E-state index >= 15 is 0 Å². The maximum atomic E-state index is 5.51. The summed E-state index contributed by atoms with van der Waals surface area (Å²) in [5.74, 6) is 0. The van der Waals surface area contributed by atoms with E-state index in [9.17, 15) is 0 Å². The third-order valence-corrected chi connectivity index (χ3v) is 5.19. The summed E-state index contributed by atoms with van der Waals surface area (Å²) in [7, 11) is 0. The first-order valence-electron chi connectivity index (χ1n) is 3.89. The van der Waals surface area contributed by atoms with Crippen molar-refractivity contribution >= 4 is 116 Å². The Morgan fingerprint density at radius 1 is 0.556 bits per heavy atom. The van der Waals surface area contributed by atoms with Crippen molar-refractivity contribution in [3.05, 3.63) is 19.0 Å². The predicted octanol–water partition coefficient (Wildman–Crippen LogP) is 8.13. The second-order valence-corrected chi connectivity index (χ2v) is 8.99. The van der Waals surface area contributed by atoms with Gasteiger partial charge in [-0.15, -0.1) is 0 Å². The van der Waals surface area contributed by atoms with E-state index in [0.29, 0.717) is 0 Å². The molecular formula is C8H6Cl10. The number of allylic oxidation sites excluding steroid dienone is 2. The van der Waals surface area contributed by atoms with Crippen LogP contribution in [0.25, 0.3) is 0 Å². The van der Waals surface area contributed by atoms with Gasteiger partial charge in [0.05, 0.1) is 10.1 Å². The summed E-state index contributed by atoms with van der Waals surface area (Å²) in [6, 6.07) is 0. The third-order valence-electron chi connectivity index (χ3n) is 1.30. The molecule has 0 aliphatic rings. The van der Waals surface area contributed by atoms with Gasteiger partial charge in [-0.2, -0.15) is 0 Å². The SMILES string of the molecule is CC(Cl)(Cl)C(C)(Cl)Cl.ClC(Cl)=C(Cl)C(Cl)=C(Cl)Cl. The molecule has 0 aliphatic heterocycles. The molecule has 0 rings (SSSR count). The van der Waals surface area contributed by atoms with E-state index in [-0.39, 0.29) is 19.0 Å². The molecule has 0 aromatic heterocycles. The summed E-state index contributed by atoms with van der Waals surface area (Å²) in [5, 5.41) is -0.130. The van der Waals surface area contributed by atoms with Crippen LogP contribution >= 0.6 is 116 Å². The zero-order valence-electron chi connectivity index (χ0n) is 8.78. The molecule has 0 N–H and O–H groups in total. The van der Waals surface area contributed by atoms with Gasteiger partial charge in [0.2, 0.25) is 0 Å². The van der Waals surface area contributed by atoms with Crippen molar-refractivity contribution in [1.29, 1.82) is 0 Å². The number of halogens is 10. The molecule has 0 aliphatic carbocycles. The molecule has 0 heterocycles. The molecule has 0 radical (unpaired) electrons. The largest absolute Gasteiger partial charge is 0.147 e. The van der Waals surface area contributed by atoms with E-state index in [1.165, 1.54) is 13.8 Å². The van der Waals surface area contributed by atoms with E-state index in [0.717, 1.165) is 0 Å². The van der Waals surface area contributed by atoms with Gasteiger partial charge in [0.1, 0.15) is 17.6 Å². The second-order valence-electron chi connectivity index (χ2n) is 2.93. The Morgan fingerprint density at radius 2 is 0.722 bits per heavy atom. The van der Waals surface area contributed by atoms with Crippen LogP contribution in [0.15, 0.2) is 19.0 Å². The Balaban J connectivity index is 0. The molecule has 0 unspecified atom stereocenters. The summed E-state index contributed by atoms with van der Waals surface area (Å²) in [5.41, 5.74) is 0. The second kappa shape index (κ2) is 9.41. The Hall–Kier alpha value is 2.38. The summed E-state index contributed by atoms with van der Waals surface area (Å²) in [6.45, 7) is 3.08. The van der Waals surface area contributed by atoms with Gasteiger partial charge < -0.3 is 0 Å². The first kappa shape index (κ1) is 22.7. The summed E-state index contributed by atoms with van der Waals surface area (Å²) < 4.78 is -2.53. The highest BCUT2D eigenvalue weighted by atomic mass is 35.5. The van der Waals surface area contributed by atoms with E-state index in [2.05, 4.69) is 0 Å². The number of hydrogen-bond donors (Lipinski definition) is 0. The fourth-order valence-electron chi connectivity index (χ4n) is 0.166. The monoisotopic (exact) mass is 452 g/mol. The van der Waals surface area contributed by atoms with Crippen molar-refractivity contribution in [2.24, 2.45) is 0 Å². The molecule has 0 nitrogen and oxygen atoms in total. The molecule has 0 aromatic carbocycles. The first-order valence-corrected chi connectivity index (χ1v) is 7.67. The van der Waals surface area contributed by atoms with Crippen LogP contribution in [0.2, 0.25) is 0 Å². The fourth-order valence-corrected chi connectivity index (χ4v) is 0.926. The number of hydrogen-bond acceptors (Lipinski definition) is 0. The van der Waals surface area contributed by atoms with Crippen LogP contribution in [-0.4, -0.2) is 8.67 Å². The predicted molar refractivity (Wildman–Crippen MR) is 89.4 cm³/mol. The van der Waals surface area contributed by atoms with Gasteiger partial charge in [0.15, 0.2) is 0 Å². The van der Waals surface area contributed by atoms with E-state index in [1.54, 1.807) is 0 Å². The summed E-state index contributed by atoms with van der Waals surface area (Å²) in [4.78, 5) is 0. The van der Waals surface area contributed by atoms with Crippen molar-refractivity contribution in [2.75, 3.05) is 0 Å². The van der Waals surface area contributed by atoms with Crippen molar-refractivity contribution in [3.8, 4) is 0 Å². The molecule has 0 bridgehead atoms. The topological polar surface area (TPSA) is 0 Å². The van der Waals surface area contributed by atoms with Crippen LogP contribution in [0.5, 0.6) is 0 Å². The van der Waals surface area contributed by atoms with Crippen molar-refractivity contribution in [3.63, 3.8) is 0 Å². The molecule has 0 saturated heterocycles. The zero-order chi connectivity index (χ0) is 15.3. The lowest BCUT2D eigenvalue weighted by Crippen LogP contribution is -2.29. The normalized spacial score (nSPS) is 11.3. The molecule has 0 saturated carbocycles. The van der Waals surface area contributed by atoms with Crippen LogP contribution in [0.4, 0.5) is 0 Å². The van der Waals surface area contributed by atoms with Crippen molar-refractivity contribution in [1.82, 2.24) is 0 Å². The van der Waals surface area contributed by atoms with Gasteiger partial charge in [0, 0.05) is 0 Å². The smallest absolute Gasteiger partial charge is 0.0986 e. The molecule has 0 fully saturated rings. The minimum atomic E-state index is -1.09. The molecule has 0 atom stereocenters. The van der Waals surface area contributed by atoms with E-state index in [4.69, 9.17) is 116 Å². The van der Waals surface area contributed by atoms with E-state index in [1.807, 2.05) is 0 Å². The lowest BCUT2D eigenvalue weighted by Gasteiger charge is -2.24. The highest BCUT2D eigenvalue weighted by Gasteiger charge is 2.38. The zero-order valence-corrected chi connectivity index (χ0v) is 16.3. The molecule has 18 heavy (non-hydrogen) atoms. The average Bonchev–Trinajstić information content (AvgIpc) is 2.12. The maximum Gasteiger partial charge on any atom is 0.147 e. The standard InChI is InChI=1S/C4Cl6.C4H6Cl4/c5-1(3(7)8)2(6)4(9)10;1-3(5,6)4(2,7)8/h;1-2H3. The molecule has 0 aromatic rings. The molecule has 10 heteroatoms. The molecule has 108 valence electrons. The van der Waals surface area contributed by atoms with Gasteiger partial charge in [-0.1, -0.05) is 116 Å². The minimum absolute atomic E-state index is 0.0648. The quantitative estimate of drug-likeness (QED) is 0.291. The average molecular weight is 457 g/mol. The number of rotatable bonds is 2. The van der Waals surface area contributed by atoms with Crippen LogP contribution in [0.1, 0.15) is 13.8 Å². The Labute approximate surface area is 156 Å². The fraction of sp³-hybridized carbons (Fsp3) is 0.500. The van der Waals surface area contributed by atoms with Crippen LogP contribution in [0, 0.1) is 0 Å². The molecule has 0 spiro atoms. The van der Waals surface area contributed by atoms with Crippen molar-refractivity contribution < 1.29 is 0 Å². The van der Waals surface area contributed by atoms with Crippen LogP contribution in [-0.2, 0) is 0 Å². The Kier molecular flexibility index (Phi) is 11.8. The molecular weight excluding hydrogens is 451 g/mol. The number of alkyl halides is 4. The minimum Gasteiger partial charge on any atom is -0.0986 e. The highest BCUT2D eigenvalue weighted by molar-refractivity contribution is 6.65. The Morgan fingerprint density at radius 3 is 0.778 bits per heavy atom. The first-order chi connectivity index (χ1) is 7.71. The lowest BCUT2D eigenvalue weighted by molar-refractivity contribution is 0.764. The van der Waals surface area contributed by atoms with Gasteiger partial charge >= 0.3 is 0 Å². The van der Waals surface area contributed by atoms with E-state index < -0.39 is 8.67 Å². The van der Waals surface area contributed by atoms with Crippen LogP contribution < -0.4 is 0 Å². The van der Waals surface area contributed by atoms with Gasteiger partial charge in [-0.3, -0.25) is 0 Å². The highest BCUT2D eigenvalue weighted by Crippen LogP contribution is 2.41. The molecule has 0 amide bonds. The summed E-state index contributed by atoms with van der Waals surface area (Å²) in [6.07, 6.45) is 0. The van der Waals surface area contributed by atoms with Gasteiger partial charge in [-0.25, -0.2) is 0 Å². The lowest BCUT2D eigenvalue weighted by atomic mass is 10.3. The van der Waals surface area contributed by atoms with Crippen LogP contribution in [0.3, 0.4) is 0 Å².